The van der Waals surface area contributed by atoms with Crippen molar-refractivity contribution in [3.8, 4) is 0 Å². The lowest BCUT2D eigenvalue weighted by atomic mass is 9.79. The molecule has 1 aliphatic rings. The molecular weight excluding hydrogens is 264 g/mol. The number of hydrogen-bond donors (Lipinski definition) is 2. The molecule has 21 heavy (non-hydrogen) atoms. The predicted octanol–water partition coefficient (Wildman–Crippen LogP) is 2.42. The van der Waals surface area contributed by atoms with E-state index in [1.807, 2.05) is 37.2 Å². The zero-order chi connectivity index (χ0) is 15.5. The molecule has 0 radical (unpaired) electrons. The van der Waals surface area contributed by atoms with E-state index in [2.05, 4.69) is 12.2 Å². The summed E-state index contributed by atoms with van der Waals surface area (Å²) in [5.74, 6) is 0.406. The van der Waals surface area contributed by atoms with Crippen LogP contribution in [0.4, 0.5) is 5.69 Å². The molecule has 1 amide bonds. The molecule has 0 heterocycles. The first kappa shape index (κ1) is 15.8. The fourth-order valence-corrected chi connectivity index (χ4v) is 3.07. The van der Waals surface area contributed by atoms with E-state index in [-0.39, 0.29) is 5.91 Å². The molecule has 2 N–H and O–H groups in total. The maximum absolute atomic E-state index is 12.2. The molecule has 116 valence electrons. The number of carbonyl (C=O) groups is 1. The van der Waals surface area contributed by atoms with Crippen molar-refractivity contribution in [2.24, 2.45) is 5.92 Å². The highest BCUT2D eigenvalue weighted by Crippen LogP contribution is 2.31. The van der Waals surface area contributed by atoms with Crippen LogP contribution >= 0.6 is 0 Å². The number of aliphatic hydroxyl groups is 1. The number of carbonyl (C=O) groups excluding carboxylic acids is 1. The smallest absolute Gasteiger partial charge is 0.251 e. The van der Waals surface area contributed by atoms with Gasteiger partial charge < -0.3 is 15.3 Å². The van der Waals surface area contributed by atoms with E-state index in [9.17, 15) is 9.90 Å². The van der Waals surface area contributed by atoms with Gasteiger partial charge in [-0.15, -0.1) is 0 Å². The van der Waals surface area contributed by atoms with Gasteiger partial charge in [-0.3, -0.25) is 4.79 Å². The summed E-state index contributed by atoms with van der Waals surface area (Å²) in [5.41, 5.74) is 0.883. The summed E-state index contributed by atoms with van der Waals surface area (Å²) in [4.78, 5) is 14.2. The highest BCUT2D eigenvalue weighted by molar-refractivity contribution is 5.95. The highest BCUT2D eigenvalue weighted by Gasteiger charge is 2.32. The van der Waals surface area contributed by atoms with Gasteiger partial charge in [-0.05, 0) is 37.0 Å². The average molecular weight is 290 g/mol. The van der Waals surface area contributed by atoms with Gasteiger partial charge in [-0.25, -0.2) is 0 Å². The predicted molar refractivity (Wildman–Crippen MR) is 85.7 cm³/mol. The van der Waals surface area contributed by atoms with Gasteiger partial charge in [0, 0.05) is 31.9 Å². The lowest BCUT2D eigenvalue weighted by Crippen LogP contribution is -2.45. The zero-order valence-corrected chi connectivity index (χ0v) is 13.2. The van der Waals surface area contributed by atoms with E-state index in [4.69, 9.17) is 0 Å². The van der Waals surface area contributed by atoms with Crippen LogP contribution < -0.4 is 10.2 Å². The highest BCUT2D eigenvalue weighted by atomic mass is 16.3. The standard InChI is InChI=1S/C17H26N2O2/c1-13-6-5-9-17(21,11-13)12-18-16(20)14-7-4-8-15(10-14)19(2)3/h4,7-8,10,13,21H,5-6,9,11-12H2,1-3H3,(H,18,20). The van der Waals surface area contributed by atoms with E-state index in [0.29, 0.717) is 18.0 Å². The van der Waals surface area contributed by atoms with Gasteiger partial charge in [0.25, 0.3) is 5.91 Å². The first-order valence-electron chi connectivity index (χ1n) is 7.68. The third-order valence-electron chi connectivity index (χ3n) is 4.27. The van der Waals surface area contributed by atoms with Crippen molar-refractivity contribution in [3.05, 3.63) is 29.8 Å². The molecule has 4 heteroatoms. The van der Waals surface area contributed by atoms with Crippen LogP contribution in [0.25, 0.3) is 0 Å². The Balaban J connectivity index is 1.97. The number of nitrogens with one attached hydrogen (secondary N) is 1. The molecule has 2 atom stereocenters. The van der Waals surface area contributed by atoms with E-state index in [1.54, 1.807) is 6.07 Å². The number of hydrogen-bond acceptors (Lipinski definition) is 3. The maximum Gasteiger partial charge on any atom is 0.251 e. The van der Waals surface area contributed by atoms with Crippen LogP contribution in [0.3, 0.4) is 0 Å². The largest absolute Gasteiger partial charge is 0.388 e. The summed E-state index contributed by atoms with van der Waals surface area (Å²) in [6.45, 7) is 2.49. The normalized spacial score (nSPS) is 25.4. The van der Waals surface area contributed by atoms with E-state index in [1.165, 1.54) is 6.42 Å². The Kier molecular flexibility index (Phi) is 4.88. The topological polar surface area (TPSA) is 52.6 Å². The molecule has 0 aromatic heterocycles. The quantitative estimate of drug-likeness (QED) is 0.895. The number of rotatable bonds is 4. The molecule has 0 bridgehead atoms. The molecule has 1 aliphatic carbocycles. The van der Waals surface area contributed by atoms with Crippen molar-refractivity contribution in [3.63, 3.8) is 0 Å². The molecule has 2 unspecified atom stereocenters. The van der Waals surface area contributed by atoms with E-state index in [0.717, 1.165) is 24.9 Å². The Bertz CT molecular complexity index is 501. The summed E-state index contributed by atoms with van der Waals surface area (Å²) in [7, 11) is 3.90. The number of anilines is 1. The summed E-state index contributed by atoms with van der Waals surface area (Å²) in [6.07, 6.45) is 3.74. The lowest BCUT2D eigenvalue weighted by molar-refractivity contribution is -0.0109. The molecule has 1 fully saturated rings. The van der Waals surface area contributed by atoms with E-state index < -0.39 is 5.60 Å². The Morgan fingerprint density at radius 3 is 2.90 bits per heavy atom. The van der Waals surface area contributed by atoms with Crippen molar-refractivity contribution >= 4 is 11.6 Å². The summed E-state index contributed by atoms with van der Waals surface area (Å²) < 4.78 is 0. The Morgan fingerprint density at radius 1 is 1.48 bits per heavy atom. The molecule has 1 aromatic rings. The maximum atomic E-state index is 12.2. The number of benzene rings is 1. The number of amides is 1. The zero-order valence-electron chi connectivity index (χ0n) is 13.2. The Hall–Kier alpha value is -1.55. The SMILES string of the molecule is CC1CCCC(O)(CNC(=O)c2cccc(N(C)C)c2)C1. The minimum absolute atomic E-state index is 0.120. The van der Waals surface area contributed by atoms with Crippen LogP contribution in [0.15, 0.2) is 24.3 Å². The molecule has 1 saturated carbocycles. The number of nitrogens with zero attached hydrogens (tertiary/aromatic N) is 1. The Labute approximate surface area is 127 Å². The van der Waals surface area contributed by atoms with Crippen LogP contribution in [-0.4, -0.2) is 37.3 Å². The minimum Gasteiger partial charge on any atom is -0.388 e. The van der Waals surface area contributed by atoms with Gasteiger partial charge >= 0.3 is 0 Å². The van der Waals surface area contributed by atoms with Crippen LogP contribution in [-0.2, 0) is 0 Å². The first-order valence-corrected chi connectivity index (χ1v) is 7.68. The monoisotopic (exact) mass is 290 g/mol. The van der Waals surface area contributed by atoms with Crippen LogP contribution in [0.1, 0.15) is 43.0 Å². The molecule has 2 rings (SSSR count). The molecular formula is C17H26N2O2. The van der Waals surface area contributed by atoms with Crippen molar-refractivity contribution < 1.29 is 9.90 Å². The lowest BCUT2D eigenvalue weighted by Gasteiger charge is -2.35. The average Bonchev–Trinajstić information content (AvgIpc) is 2.44. The Morgan fingerprint density at radius 2 is 2.24 bits per heavy atom. The van der Waals surface area contributed by atoms with Gasteiger partial charge in [0.2, 0.25) is 0 Å². The van der Waals surface area contributed by atoms with Crippen molar-refractivity contribution in [1.82, 2.24) is 5.32 Å². The van der Waals surface area contributed by atoms with Crippen molar-refractivity contribution in [1.29, 1.82) is 0 Å². The summed E-state index contributed by atoms with van der Waals surface area (Å²) in [5, 5.41) is 13.4. The fraction of sp³-hybridized carbons (Fsp3) is 0.588. The van der Waals surface area contributed by atoms with E-state index >= 15 is 0 Å². The molecule has 0 saturated heterocycles. The third kappa shape index (κ3) is 4.21. The van der Waals surface area contributed by atoms with Crippen LogP contribution in [0.2, 0.25) is 0 Å². The fourth-order valence-electron chi connectivity index (χ4n) is 3.07. The van der Waals surface area contributed by atoms with Gasteiger partial charge in [-0.1, -0.05) is 25.8 Å². The van der Waals surface area contributed by atoms with Gasteiger partial charge in [-0.2, -0.15) is 0 Å². The van der Waals surface area contributed by atoms with Gasteiger partial charge in [0.05, 0.1) is 5.60 Å². The summed E-state index contributed by atoms with van der Waals surface area (Å²) >= 11 is 0. The minimum atomic E-state index is -0.744. The molecule has 4 nitrogen and oxygen atoms in total. The van der Waals surface area contributed by atoms with Crippen LogP contribution in [0, 0.1) is 5.92 Å². The second-order valence-electron chi connectivity index (χ2n) is 6.55. The third-order valence-corrected chi connectivity index (χ3v) is 4.27. The van der Waals surface area contributed by atoms with Crippen LogP contribution in [0.5, 0.6) is 0 Å². The molecule has 1 aromatic carbocycles. The second kappa shape index (κ2) is 6.48. The van der Waals surface area contributed by atoms with Gasteiger partial charge in [0.15, 0.2) is 0 Å². The second-order valence-corrected chi connectivity index (χ2v) is 6.55. The van der Waals surface area contributed by atoms with Crippen molar-refractivity contribution in [2.45, 2.75) is 38.2 Å². The van der Waals surface area contributed by atoms with Gasteiger partial charge in [0.1, 0.15) is 0 Å². The molecule has 0 spiro atoms. The molecule has 0 aliphatic heterocycles. The van der Waals surface area contributed by atoms with Crippen molar-refractivity contribution in [2.75, 3.05) is 25.5 Å². The summed E-state index contributed by atoms with van der Waals surface area (Å²) in [6, 6.07) is 7.51. The first-order chi connectivity index (χ1) is 9.89.